The number of methoxy groups -OCH3 is 1. The second-order valence-electron chi connectivity index (χ2n) is 9.19. The number of nitrogens with zero attached hydrogens (tertiary/aromatic N) is 2. The second-order valence-corrected chi connectivity index (χ2v) is 11.1. The molecule has 0 aromatic heterocycles. The fraction of sp³-hybridized carbons (Fsp3) is 0.462. The van der Waals surface area contributed by atoms with E-state index < -0.39 is 28.5 Å². The summed E-state index contributed by atoms with van der Waals surface area (Å²) < 4.78 is 31.9. The number of ether oxygens (including phenoxy) is 1. The molecule has 8 nitrogen and oxygen atoms in total. The molecule has 0 saturated heterocycles. The maximum atomic E-state index is 13.6. The van der Waals surface area contributed by atoms with E-state index >= 15 is 0 Å². The first kappa shape index (κ1) is 28.2. The molecule has 0 unspecified atom stereocenters. The zero-order valence-electron chi connectivity index (χ0n) is 21.7. The van der Waals surface area contributed by atoms with Gasteiger partial charge < -0.3 is 15.0 Å². The molecule has 0 radical (unpaired) electrons. The molecule has 1 N–H and O–H groups in total. The van der Waals surface area contributed by atoms with Gasteiger partial charge >= 0.3 is 0 Å². The van der Waals surface area contributed by atoms with E-state index in [1.807, 2.05) is 58.0 Å². The zero-order chi connectivity index (χ0) is 26.3. The summed E-state index contributed by atoms with van der Waals surface area (Å²) >= 11 is 0. The predicted molar refractivity (Wildman–Crippen MR) is 139 cm³/mol. The van der Waals surface area contributed by atoms with Crippen molar-refractivity contribution in [3.05, 3.63) is 59.2 Å². The van der Waals surface area contributed by atoms with Crippen LogP contribution in [0.3, 0.4) is 0 Å². The highest BCUT2D eigenvalue weighted by Gasteiger charge is 2.31. The molecule has 0 aliphatic rings. The fourth-order valence-electron chi connectivity index (χ4n) is 3.74. The van der Waals surface area contributed by atoms with Gasteiger partial charge in [0.25, 0.3) is 0 Å². The van der Waals surface area contributed by atoms with E-state index in [0.29, 0.717) is 18.0 Å². The van der Waals surface area contributed by atoms with E-state index in [1.54, 1.807) is 26.2 Å². The van der Waals surface area contributed by atoms with Gasteiger partial charge in [-0.15, -0.1) is 0 Å². The summed E-state index contributed by atoms with van der Waals surface area (Å²) in [5.41, 5.74) is 2.76. The lowest BCUT2D eigenvalue weighted by atomic mass is 10.1. The highest BCUT2D eigenvalue weighted by molar-refractivity contribution is 7.92. The summed E-state index contributed by atoms with van der Waals surface area (Å²) in [6.45, 7) is 9.45. The monoisotopic (exact) mass is 503 g/mol. The van der Waals surface area contributed by atoms with E-state index in [9.17, 15) is 18.0 Å². The average Bonchev–Trinajstić information content (AvgIpc) is 2.79. The van der Waals surface area contributed by atoms with Gasteiger partial charge in [-0.1, -0.05) is 44.2 Å². The number of hydrogen-bond donors (Lipinski definition) is 1. The standard InChI is InChI=1S/C26H37N3O5S/c1-18(2)15-27-26(31)21(5)28(16-22-11-13-23(34-6)14-12-22)24(30)17-29(35(7,32)33)25-19(3)9-8-10-20(25)4/h8-14,18,21H,15-17H2,1-7H3,(H,27,31)/t21-/m0/s1. The normalized spacial score (nSPS) is 12.2. The second kappa shape index (κ2) is 12.1. The van der Waals surface area contributed by atoms with E-state index in [0.717, 1.165) is 27.3 Å². The third kappa shape index (κ3) is 7.71. The summed E-state index contributed by atoms with van der Waals surface area (Å²) in [5, 5.41) is 2.87. The van der Waals surface area contributed by atoms with Gasteiger partial charge in [0, 0.05) is 13.1 Å². The first-order valence-electron chi connectivity index (χ1n) is 11.6. The zero-order valence-corrected chi connectivity index (χ0v) is 22.5. The number of carbonyl (C=O) groups is 2. The van der Waals surface area contributed by atoms with Crippen molar-refractivity contribution in [2.24, 2.45) is 5.92 Å². The van der Waals surface area contributed by atoms with Crippen LogP contribution in [0.15, 0.2) is 42.5 Å². The molecule has 2 aromatic rings. The van der Waals surface area contributed by atoms with E-state index in [-0.39, 0.29) is 18.4 Å². The van der Waals surface area contributed by atoms with Crippen molar-refractivity contribution in [2.45, 2.75) is 47.2 Å². The number of hydrogen-bond acceptors (Lipinski definition) is 5. The predicted octanol–water partition coefficient (Wildman–Crippen LogP) is 3.27. The van der Waals surface area contributed by atoms with Crippen molar-refractivity contribution in [2.75, 3.05) is 30.8 Å². The molecular weight excluding hydrogens is 466 g/mol. The minimum atomic E-state index is -3.77. The molecule has 35 heavy (non-hydrogen) atoms. The number of carbonyl (C=O) groups excluding carboxylic acids is 2. The molecule has 0 spiro atoms. The lowest BCUT2D eigenvalue weighted by Crippen LogP contribution is -2.51. The Morgan fingerprint density at radius 3 is 2.06 bits per heavy atom. The molecule has 0 aliphatic carbocycles. The molecule has 1 atom stereocenters. The van der Waals surface area contributed by atoms with E-state index in [1.165, 1.54) is 4.90 Å². The van der Waals surface area contributed by atoms with Crippen molar-refractivity contribution >= 4 is 27.5 Å². The third-order valence-electron chi connectivity index (χ3n) is 5.73. The third-order valence-corrected chi connectivity index (χ3v) is 6.84. The number of benzene rings is 2. The molecule has 9 heteroatoms. The van der Waals surface area contributed by atoms with Crippen molar-refractivity contribution in [3.8, 4) is 5.75 Å². The Bertz CT molecular complexity index is 1110. The van der Waals surface area contributed by atoms with Crippen LogP contribution < -0.4 is 14.4 Å². The molecule has 0 aliphatic heterocycles. The van der Waals surface area contributed by atoms with Gasteiger partial charge in [-0.3, -0.25) is 13.9 Å². The first-order valence-corrected chi connectivity index (χ1v) is 13.4. The number of nitrogens with one attached hydrogen (secondary N) is 1. The summed E-state index contributed by atoms with van der Waals surface area (Å²) in [6, 6.07) is 11.8. The molecule has 2 rings (SSSR count). The van der Waals surface area contributed by atoms with Crippen LogP contribution in [-0.2, 0) is 26.2 Å². The van der Waals surface area contributed by atoms with Crippen LogP contribution in [0.1, 0.15) is 37.5 Å². The molecule has 0 saturated carbocycles. The number of rotatable bonds is 11. The SMILES string of the molecule is COc1ccc(CN(C(=O)CN(c2c(C)cccc2C)S(C)(=O)=O)[C@@H](C)C(=O)NCC(C)C)cc1. The smallest absolute Gasteiger partial charge is 0.244 e. The molecule has 0 bridgehead atoms. The Morgan fingerprint density at radius 2 is 1.57 bits per heavy atom. The summed E-state index contributed by atoms with van der Waals surface area (Å²) in [5.74, 6) is 0.161. The van der Waals surface area contributed by atoms with Gasteiger partial charge in [0.1, 0.15) is 18.3 Å². The van der Waals surface area contributed by atoms with Gasteiger partial charge in [-0.2, -0.15) is 0 Å². The number of aryl methyl sites for hydroxylation is 2. The molecule has 0 fully saturated rings. The van der Waals surface area contributed by atoms with Crippen molar-refractivity contribution in [1.29, 1.82) is 0 Å². The topological polar surface area (TPSA) is 96.0 Å². The highest BCUT2D eigenvalue weighted by Crippen LogP contribution is 2.27. The summed E-state index contributed by atoms with van der Waals surface area (Å²) in [6.07, 6.45) is 1.08. The van der Waals surface area contributed by atoms with Crippen molar-refractivity contribution in [3.63, 3.8) is 0 Å². The van der Waals surface area contributed by atoms with E-state index in [4.69, 9.17) is 4.74 Å². The Balaban J connectivity index is 2.42. The maximum Gasteiger partial charge on any atom is 0.244 e. The fourth-order valence-corrected chi connectivity index (χ4v) is 4.70. The molecule has 0 heterocycles. The Hall–Kier alpha value is -3.07. The largest absolute Gasteiger partial charge is 0.497 e. The minimum Gasteiger partial charge on any atom is -0.497 e. The van der Waals surface area contributed by atoms with Crippen LogP contribution in [0.5, 0.6) is 5.75 Å². The first-order chi connectivity index (χ1) is 16.3. The molecule has 192 valence electrons. The maximum absolute atomic E-state index is 13.6. The van der Waals surface area contributed by atoms with Crippen LogP contribution in [0.4, 0.5) is 5.69 Å². The number of anilines is 1. The van der Waals surface area contributed by atoms with Gasteiger partial charge in [0.2, 0.25) is 21.8 Å². The average molecular weight is 504 g/mol. The summed E-state index contributed by atoms with van der Waals surface area (Å²) in [7, 11) is -2.20. The lowest BCUT2D eigenvalue weighted by Gasteiger charge is -2.32. The van der Waals surface area contributed by atoms with Crippen molar-refractivity contribution < 1.29 is 22.7 Å². The number of sulfonamides is 1. The lowest BCUT2D eigenvalue weighted by molar-refractivity contribution is -0.139. The van der Waals surface area contributed by atoms with Crippen molar-refractivity contribution in [1.82, 2.24) is 10.2 Å². The van der Waals surface area contributed by atoms with Crippen LogP contribution in [0, 0.1) is 19.8 Å². The van der Waals surface area contributed by atoms with Gasteiger partial charge in [-0.05, 0) is 55.5 Å². The quantitative estimate of drug-likeness (QED) is 0.508. The van der Waals surface area contributed by atoms with Gasteiger partial charge in [0.05, 0.1) is 19.1 Å². The van der Waals surface area contributed by atoms with Crippen LogP contribution in [0.2, 0.25) is 0 Å². The van der Waals surface area contributed by atoms with Gasteiger partial charge in [0.15, 0.2) is 0 Å². The number of amides is 2. The summed E-state index contributed by atoms with van der Waals surface area (Å²) in [4.78, 5) is 27.9. The molecule has 2 aromatic carbocycles. The molecule has 2 amide bonds. The Kier molecular flexibility index (Phi) is 9.71. The Labute approximate surface area is 209 Å². The van der Waals surface area contributed by atoms with Crippen LogP contribution >= 0.6 is 0 Å². The Morgan fingerprint density at radius 1 is 1.00 bits per heavy atom. The minimum absolute atomic E-state index is 0.142. The van der Waals surface area contributed by atoms with Crippen LogP contribution in [-0.4, -0.2) is 57.6 Å². The van der Waals surface area contributed by atoms with Gasteiger partial charge in [-0.25, -0.2) is 8.42 Å². The van der Waals surface area contributed by atoms with E-state index in [2.05, 4.69) is 5.32 Å². The number of para-hydroxylation sites is 1. The highest BCUT2D eigenvalue weighted by atomic mass is 32.2. The molecular formula is C26H37N3O5S. The van der Waals surface area contributed by atoms with Crippen LogP contribution in [0.25, 0.3) is 0 Å².